The molecule has 0 radical (unpaired) electrons. The van der Waals surface area contributed by atoms with E-state index in [9.17, 15) is 5.11 Å². The standard InChI is InChI=1S/C17H19N5O3/c18-15-14-16(20-10-19-15)22(13-7-6-12(8-23)25-13)17(21-14)24-9-11-4-2-1-3-5-11/h1-5,10,12-13,23H,6-9H2,(H2,18,19,20)/t12-,13+/m0/s1. The first-order valence-corrected chi connectivity index (χ1v) is 8.17. The Hall–Kier alpha value is -2.71. The van der Waals surface area contributed by atoms with Gasteiger partial charge in [0, 0.05) is 0 Å². The smallest absolute Gasteiger partial charge is 0.301 e. The van der Waals surface area contributed by atoms with E-state index in [1.165, 1.54) is 6.33 Å². The molecule has 0 amide bonds. The summed E-state index contributed by atoms with van der Waals surface area (Å²) in [6.07, 6.45) is 2.41. The van der Waals surface area contributed by atoms with Gasteiger partial charge >= 0.3 is 6.01 Å². The van der Waals surface area contributed by atoms with E-state index in [2.05, 4.69) is 15.0 Å². The second-order valence-corrected chi connectivity index (χ2v) is 5.94. The maximum absolute atomic E-state index is 9.33. The third-order valence-electron chi connectivity index (χ3n) is 4.26. The van der Waals surface area contributed by atoms with Crippen LogP contribution in [0.3, 0.4) is 0 Å². The highest BCUT2D eigenvalue weighted by atomic mass is 16.5. The molecule has 0 spiro atoms. The molecule has 4 rings (SSSR count). The van der Waals surface area contributed by atoms with Gasteiger partial charge in [-0.05, 0) is 18.4 Å². The number of aliphatic hydroxyl groups excluding tert-OH is 1. The van der Waals surface area contributed by atoms with Crippen molar-refractivity contribution in [2.45, 2.75) is 31.8 Å². The number of nitrogens with zero attached hydrogens (tertiary/aromatic N) is 4. The third kappa shape index (κ3) is 3.01. The maximum Gasteiger partial charge on any atom is 0.301 e. The van der Waals surface area contributed by atoms with Crippen LogP contribution in [0.25, 0.3) is 11.2 Å². The van der Waals surface area contributed by atoms with Crippen LogP contribution in [0.15, 0.2) is 36.7 Å². The minimum absolute atomic E-state index is 0.0134. The molecule has 0 bridgehead atoms. The SMILES string of the molecule is Nc1ncnc2c1nc(OCc1ccccc1)n2[C@H]1CC[C@@H](CO)O1. The van der Waals surface area contributed by atoms with Gasteiger partial charge in [0.1, 0.15) is 19.2 Å². The first kappa shape index (κ1) is 15.8. The van der Waals surface area contributed by atoms with Gasteiger partial charge in [-0.3, -0.25) is 4.57 Å². The molecule has 130 valence electrons. The van der Waals surface area contributed by atoms with Crippen LogP contribution >= 0.6 is 0 Å². The molecule has 3 heterocycles. The van der Waals surface area contributed by atoms with Gasteiger partial charge in [-0.15, -0.1) is 0 Å². The molecule has 0 aliphatic carbocycles. The molecule has 2 atom stereocenters. The summed E-state index contributed by atoms with van der Waals surface area (Å²) in [6.45, 7) is 0.355. The Morgan fingerprint density at radius 1 is 1.24 bits per heavy atom. The van der Waals surface area contributed by atoms with Crippen molar-refractivity contribution in [2.75, 3.05) is 12.3 Å². The number of nitrogen functional groups attached to an aromatic ring is 1. The number of aromatic nitrogens is 4. The largest absolute Gasteiger partial charge is 0.460 e. The van der Waals surface area contributed by atoms with Crippen molar-refractivity contribution < 1.29 is 14.6 Å². The average molecular weight is 341 g/mol. The lowest BCUT2D eigenvalue weighted by Gasteiger charge is -2.16. The number of benzene rings is 1. The van der Waals surface area contributed by atoms with Crippen molar-refractivity contribution >= 4 is 17.0 Å². The summed E-state index contributed by atoms with van der Waals surface area (Å²) >= 11 is 0. The Kier molecular flexibility index (Phi) is 4.21. The van der Waals surface area contributed by atoms with Gasteiger partial charge < -0.3 is 20.3 Å². The molecule has 0 saturated carbocycles. The van der Waals surface area contributed by atoms with Crippen LogP contribution in [0.5, 0.6) is 6.01 Å². The summed E-state index contributed by atoms with van der Waals surface area (Å²) in [7, 11) is 0. The molecular weight excluding hydrogens is 322 g/mol. The molecular formula is C17H19N5O3. The molecule has 0 unspecified atom stereocenters. The highest BCUT2D eigenvalue weighted by Crippen LogP contribution is 2.35. The van der Waals surface area contributed by atoms with Crippen molar-refractivity contribution in [3.63, 3.8) is 0 Å². The molecule has 3 N–H and O–H groups in total. The second-order valence-electron chi connectivity index (χ2n) is 5.94. The van der Waals surface area contributed by atoms with Gasteiger partial charge in [0.15, 0.2) is 17.0 Å². The third-order valence-corrected chi connectivity index (χ3v) is 4.26. The zero-order chi connectivity index (χ0) is 17.2. The van der Waals surface area contributed by atoms with Crippen LogP contribution in [0.4, 0.5) is 5.82 Å². The second kappa shape index (κ2) is 6.66. The van der Waals surface area contributed by atoms with E-state index in [-0.39, 0.29) is 18.9 Å². The van der Waals surface area contributed by atoms with Gasteiger partial charge in [0.2, 0.25) is 0 Å². The number of aliphatic hydroxyl groups is 1. The van der Waals surface area contributed by atoms with Gasteiger partial charge in [-0.2, -0.15) is 4.98 Å². The molecule has 3 aromatic rings. The molecule has 1 aromatic carbocycles. The first-order valence-electron chi connectivity index (χ1n) is 8.17. The maximum atomic E-state index is 9.33. The van der Waals surface area contributed by atoms with E-state index in [0.717, 1.165) is 18.4 Å². The van der Waals surface area contributed by atoms with E-state index in [1.54, 1.807) is 4.57 Å². The molecule has 2 aromatic heterocycles. The Morgan fingerprint density at radius 3 is 2.84 bits per heavy atom. The van der Waals surface area contributed by atoms with Gasteiger partial charge in [0.05, 0.1) is 12.7 Å². The first-order chi connectivity index (χ1) is 12.3. The van der Waals surface area contributed by atoms with Crippen molar-refractivity contribution in [2.24, 2.45) is 0 Å². The van der Waals surface area contributed by atoms with E-state index >= 15 is 0 Å². The van der Waals surface area contributed by atoms with E-state index < -0.39 is 0 Å². The van der Waals surface area contributed by atoms with Gasteiger partial charge in [-0.25, -0.2) is 9.97 Å². The fourth-order valence-corrected chi connectivity index (χ4v) is 3.00. The Labute approximate surface area is 144 Å². The zero-order valence-electron chi connectivity index (χ0n) is 13.6. The lowest BCUT2D eigenvalue weighted by Crippen LogP contribution is -2.15. The van der Waals surface area contributed by atoms with Crippen molar-refractivity contribution in [1.82, 2.24) is 19.5 Å². The van der Waals surface area contributed by atoms with Crippen LogP contribution in [-0.4, -0.2) is 37.3 Å². The number of fused-ring (bicyclic) bond motifs is 1. The van der Waals surface area contributed by atoms with E-state index in [1.807, 2.05) is 30.3 Å². The number of ether oxygens (including phenoxy) is 2. The Bertz CT molecular complexity index is 867. The number of hydrogen-bond acceptors (Lipinski definition) is 7. The van der Waals surface area contributed by atoms with Crippen LogP contribution in [0.1, 0.15) is 24.6 Å². The average Bonchev–Trinajstić information content (AvgIpc) is 3.25. The predicted octanol–water partition coefficient (Wildman–Crippen LogP) is 1.66. The molecule has 25 heavy (non-hydrogen) atoms. The minimum atomic E-state index is -0.303. The zero-order valence-corrected chi connectivity index (χ0v) is 13.6. The molecule has 1 aliphatic heterocycles. The van der Waals surface area contributed by atoms with Crippen molar-refractivity contribution in [3.05, 3.63) is 42.2 Å². The van der Waals surface area contributed by atoms with E-state index in [4.69, 9.17) is 15.2 Å². The van der Waals surface area contributed by atoms with E-state index in [0.29, 0.717) is 29.6 Å². The number of anilines is 1. The minimum Gasteiger partial charge on any atom is -0.460 e. The predicted molar refractivity (Wildman–Crippen MR) is 90.7 cm³/mol. The van der Waals surface area contributed by atoms with Gasteiger partial charge in [0.25, 0.3) is 0 Å². The van der Waals surface area contributed by atoms with Crippen LogP contribution < -0.4 is 10.5 Å². The van der Waals surface area contributed by atoms with Crippen molar-refractivity contribution in [1.29, 1.82) is 0 Å². The summed E-state index contributed by atoms with van der Waals surface area (Å²) in [6, 6.07) is 10.2. The number of rotatable bonds is 5. The highest BCUT2D eigenvalue weighted by molar-refractivity contribution is 5.82. The molecule has 1 saturated heterocycles. The summed E-state index contributed by atoms with van der Waals surface area (Å²) in [5.41, 5.74) is 8.02. The molecule has 1 fully saturated rings. The Morgan fingerprint density at radius 2 is 2.08 bits per heavy atom. The Balaban J connectivity index is 1.69. The summed E-state index contributed by atoms with van der Waals surface area (Å²) < 4.78 is 13.6. The quantitative estimate of drug-likeness (QED) is 0.726. The van der Waals surface area contributed by atoms with Gasteiger partial charge in [-0.1, -0.05) is 30.3 Å². The number of hydrogen-bond donors (Lipinski definition) is 2. The summed E-state index contributed by atoms with van der Waals surface area (Å²) in [4.78, 5) is 12.8. The fourth-order valence-electron chi connectivity index (χ4n) is 3.00. The van der Waals surface area contributed by atoms with Crippen LogP contribution in [-0.2, 0) is 11.3 Å². The molecule has 8 heteroatoms. The monoisotopic (exact) mass is 341 g/mol. The normalized spacial score (nSPS) is 20.2. The summed E-state index contributed by atoms with van der Waals surface area (Å²) in [5, 5.41) is 9.33. The van der Waals surface area contributed by atoms with Crippen LogP contribution in [0.2, 0.25) is 0 Å². The number of nitrogens with two attached hydrogens (primary N) is 1. The van der Waals surface area contributed by atoms with Crippen molar-refractivity contribution in [3.8, 4) is 6.01 Å². The van der Waals surface area contributed by atoms with Crippen LogP contribution in [0, 0.1) is 0 Å². The molecule has 1 aliphatic rings. The molecule has 8 nitrogen and oxygen atoms in total. The highest BCUT2D eigenvalue weighted by Gasteiger charge is 2.31. The lowest BCUT2D eigenvalue weighted by atomic mass is 10.2. The number of imidazole rings is 1. The fraction of sp³-hybridized carbons (Fsp3) is 0.353. The topological polar surface area (TPSA) is 108 Å². The summed E-state index contributed by atoms with van der Waals surface area (Å²) in [5.74, 6) is 0.296. The lowest BCUT2D eigenvalue weighted by molar-refractivity contribution is -0.0245.